The molecule has 0 radical (unpaired) electrons. The highest BCUT2D eigenvalue weighted by atomic mass is 16.5. The summed E-state index contributed by atoms with van der Waals surface area (Å²) in [6, 6.07) is 13.1. The fourth-order valence-electron chi connectivity index (χ4n) is 2.45. The summed E-state index contributed by atoms with van der Waals surface area (Å²) in [4.78, 5) is 11.5. The Morgan fingerprint density at radius 3 is 2.23 bits per heavy atom. The van der Waals surface area contributed by atoms with Gasteiger partial charge in [-0.15, -0.1) is 0 Å². The van der Waals surface area contributed by atoms with Crippen molar-refractivity contribution in [3.05, 3.63) is 59.2 Å². The van der Waals surface area contributed by atoms with Crippen molar-refractivity contribution in [2.75, 3.05) is 7.11 Å². The normalized spacial score (nSPS) is 11.8. The van der Waals surface area contributed by atoms with Gasteiger partial charge in [0.15, 0.2) is 17.6 Å². The summed E-state index contributed by atoms with van der Waals surface area (Å²) in [5.74, 6) is -0.0407. The van der Waals surface area contributed by atoms with Gasteiger partial charge in [-0.05, 0) is 31.5 Å². The predicted octanol–water partition coefficient (Wildman–Crippen LogP) is 3.39. The second-order valence-electron chi connectivity index (χ2n) is 5.30. The van der Waals surface area contributed by atoms with Crippen molar-refractivity contribution in [2.45, 2.75) is 26.4 Å². The summed E-state index contributed by atoms with van der Waals surface area (Å²) in [5, 5.41) is 9.43. The molecule has 0 amide bonds. The van der Waals surface area contributed by atoms with E-state index in [0.717, 1.165) is 16.7 Å². The largest absolute Gasteiger partial charge is 0.493 e. The Morgan fingerprint density at radius 1 is 1.09 bits per heavy atom. The van der Waals surface area contributed by atoms with E-state index >= 15 is 0 Å². The molecule has 0 saturated heterocycles. The molecular formula is C18H20O4. The van der Waals surface area contributed by atoms with Gasteiger partial charge in [0, 0.05) is 6.42 Å². The average Bonchev–Trinajstić information content (AvgIpc) is 2.46. The first-order valence-corrected chi connectivity index (χ1v) is 7.09. The molecule has 0 aliphatic carbocycles. The molecule has 2 aromatic carbocycles. The molecule has 22 heavy (non-hydrogen) atoms. The lowest BCUT2D eigenvalue weighted by Gasteiger charge is -2.17. The Bertz CT molecular complexity index is 644. The minimum atomic E-state index is -0.995. The van der Waals surface area contributed by atoms with Gasteiger partial charge < -0.3 is 14.6 Å². The number of carboxylic acids is 1. The van der Waals surface area contributed by atoms with Crippen molar-refractivity contribution in [3.8, 4) is 11.5 Å². The highest BCUT2D eigenvalue weighted by molar-refractivity contribution is 5.73. The van der Waals surface area contributed by atoms with Crippen LogP contribution in [0.25, 0.3) is 0 Å². The fourth-order valence-corrected chi connectivity index (χ4v) is 2.45. The molecule has 0 bridgehead atoms. The van der Waals surface area contributed by atoms with E-state index in [1.54, 1.807) is 18.2 Å². The van der Waals surface area contributed by atoms with E-state index in [4.69, 9.17) is 9.47 Å². The predicted molar refractivity (Wildman–Crippen MR) is 84.7 cm³/mol. The van der Waals surface area contributed by atoms with Gasteiger partial charge in [-0.1, -0.05) is 41.5 Å². The first kappa shape index (κ1) is 15.9. The summed E-state index contributed by atoms with van der Waals surface area (Å²) < 4.78 is 10.9. The topological polar surface area (TPSA) is 55.8 Å². The molecule has 0 unspecified atom stereocenters. The smallest absolute Gasteiger partial charge is 0.345 e. The van der Waals surface area contributed by atoms with Crippen LogP contribution in [0.3, 0.4) is 0 Å². The van der Waals surface area contributed by atoms with E-state index < -0.39 is 12.1 Å². The first-order chi connectivity index (χ1) is 10.5. The van der Waals surface area contributed by atoms with Crippen LogP contribution in [0, 0.1) is 13.8 Å². The lowest BCUT2D eigenvalue weighted by molar-refractivity contribution is -0.145. The van der Waals surface area contributed by atoms with E-state index in [1.807, 2.05) is 32.0 Å². The maximum atomic E-state index is 11.5. The standard InChI is InChI=1S/C18H20O4/c1-12-8-13(2)10-14(9-12)11-17(18(19)20)22-16-7-5-4-6-15(16)21-3/h4-10,17H,11H2,1-3H3,(H,19,20)/t17-/m0/s1. The number of aryl methyl sites for hydroxylation is 2. The molecule has 4 nitrogen and oxygen atoms in total. The number of hydrogen-bond acceptors (Lipinski definition) is 3. The number of para-hydroxylation sites is 2. The van der Waals surface area contributed by atoms with Gasteiger partial charge >= 0.3 is 5.97 Å². The fraction of sp³-hybridized carbons (Fsp3) is 0.278. The Labute approximate surface area is 130 Å². The summed E-state index contributed by atoms with van der Waals surface area (Å²) in [6.07, 6.45) is -0.659. The van der Waals surface area contributed by atoms with Gasteiger partial charge in [0.25, 0.3) is 0 Å². The van der Waals surface area contributed by atoms with Crippen LogP contribution in [0.5, 0.6) is 11.5 Å². The summed E-state index contributed by atoms with van der Waals surface area (Å²) in [6.45, 7) is 3.99. The Morgan fingerprint density at radius 2 is 1.68 bits per heavy atom. The van der Waals surface area contributed by atoms with Gasteiger partial charge in [-0.2, -0.15) is 0 Å². The molecule has 0 aromatic heterocycles. The summed E-state index contributed by atoms with van der Waals surface area (Å²) in [7, 11) is 1.53. The minimum absolute atomic E-state index is 0.301. The van der Waals surface area contributed by atoms with Crippen LogP contribution in [0.15, 0.2) is 42.5 Å². The Hall–Kier alpha value is -2.49. The highest BCUT2D eigenvalue weighted by Gasteiger charge is 2.21. The third-order valence-electron chi connectivity index (χ3n) is 3.32. The van der Waals surface area contributed by atoms with Crippen LogP contribution < -0.4 is 9.47 Å². The molecule has 0 aliphatic heterocycles. The molecule has 0 fully saturated rings. The van der Waals surface area contributed by atoms with Crippen LogP contribution in [-0.2, 0) is 11.2 Å². The molecule has 0 saturated carbocycles. The molecule has 0 spiro atoms. The van der Waals surface area contributed by atoms with Crippen LogP contribution >= 0.6 is 0 Å². The highest BCUT2D eigenvalue weighted by Crippen LogP contribution is 2.27. The number of methoxy groups -OCH3 is 1. The molecule has 0 heterocycles. The van der Waals surface area contributed by atoms with Crippen molar-refractivity contribution in [1.82, 2.24) is 0 Å². The average molecular weight is 300 g/mol. The third kappa shape index (κ3) is 4.01. The van der Waals surface area contributed by atoms with Crippen LogP contribution in [0.1, 0.15) is 16.7 Å². The van der Waals surface area contributed by atoms with Gasteiger partial charge in [0.2, 0.25) is 0 Å². The second kappa shape index (κ2) is 6.98. The quantitative estimate of drug-likeness (QED) is 0.888. The summed E-state index contributed by atoms with van der Waals surface area (Å²) in [5.41, 5.74) is 3.16. The van der Waals surface area contributed by atoms with Gasteiger partial charge in [-0.3, -0.25) is 0 Å². The molecule has 1 atom stereocenters. The third-order valence-corrected chi connectivity index (χ3v) is 3.32. The molecule has 0 aliphatic rings. The number of carboxylic acid groups (broad SMARTS) is 1. The minimum Gasteiger partial charge on any atom is -0.493 e. The first-order valence-electron chi connectivity index (χ1n) is 7.09. The van der Waals surface area contributed by atoms with Crippen LogP contribution in [0.4, 0.5) is 0 Å². The molecule has 1 N–H and O–H groups in total. The van der Waals surface area contributed by atoms with Gasteiger partial charge in [0.05, 0.1) is 7.11 Å². The maximum Gasteiger partial charge on any atom is 0.345 e. The lowest BCUT2D eigenvalue weighted by atomic mass is 10.0. The van der Waals surface area contributed by atoms with E-state index in [0.29, 0.717) is 17.9 Å². The van der Waals surface area contributed by atoms with E-state index in [-0.39, 0.29) is 0 Å². The summed E-state index contributed by atoms with van der Waals surface area (Å²) >= 11 is 0. The van der Waals surface area contributed by atoms with Crippen molar-refractivity contribution in [3.63, 3.8) is 0 Å². The molecule has 4 heteroatoms. The number of carbonyl (C=O) groups is 1. The number of aliphatic carboxylic acids is 1. The second-order valence-corrected chi connectivity index (χ2v) is 5.30. The molecule has 116 valence electrons. The molecule has 2 rings (SSSR count). The number of benzene rings is 2. The maximum absolute atomic E-state index is 11.5. The van der Waals surface area contributed by atoms with E-state index in [2.05, 4.69) is 6.07 Å². The van der Waals surface area contributed by atoms with Crippen molar-refractivity contribution in [1.29, 1.82) is 0 Å². The Balaban J connectivity index is 2.21. The van der Waals surface area contributed by atoms with Gasteiger partial charge in [-0.25, -0.2) is 4.79 Å². The van der Waals surface area contributed by atoms with E-state index in [9.17, 15) is 9.90 Å². The van der Waals surface area contributed by atoms with Crippen molar-refractivity contribution < 1.29 is 19.4 Å². The Kier molecular flexibility index (Phi) is 5.04. The van der Waals surface area contributed by atoms with E-state index in [1.165, 1.54) is 7.11 Å². The lowest BCUT2D eigenvalue weighted by Crippen LogP contribution is -2.29. The van der Waals surface area contributed by atoms with Crippen molar-refractivity contribution in [2.24, 2.45) is 0 Å². The molecule has 2 aromatic rings. The number of ether oxygens (including phenoxy) is 2. The monoisotopic (exact) mass is 300 g/mol. The van der Waals surface area contributed by atoms with Crippen molar-refractivity contribution >= 4 is 5.97 Å². The zero-order valence-corrected chi connectivity index (χ0v) is 13.0. The SMILES string of the molecule is COc1ccccc1O[C@@H](Cc1cc(C)cc(C)c1)C(=O)O. The zero-order valence-electron chi connectivity index (χ0n) is 13.0. The van der Waals surface area contributed by atoms with Crippen LogP contribution in [-0.4, -0.2) is 24.3 Å². The molecular weight excluding hydrogens is 280 g/mol. The number of rotatable bonds is 6. The van der Waals surface area contributed by atoms with Gasteiger partial charge in [0.1, 0.15) is 0 Å². The zero-order chi connectivity index (χ0) is 16.1. The number of hydrogen-bond donors (Lipinski definition) is 1. The van der Waals surface area contributed by atoms with Crippen LogP contribution in [0.2, 0.25) is 0 Å².